The number of nitrogens with zero attached hydrogens (tertiary/aromatic N) is 3. The topological polar surface area (TPSA) is 77.6 Å². The van der Waals surface area contributed by atoms with E-state index in [4.69, 9.17) is 4.74 Å². The first-order valence-corrected chi connectivity index (χ1v) is 8.58. The lowest BCUT2D eigenvalue weighted by Gasteiger charge is -2.12. The first kappa shape index (κ1) is 16.8. The second-order valence-corrected chi connectivity index (χ2v) is 6.07. The molecule has 27 heavy (non-hydrogen) atoms. The Kier molecular flexibility index (Phi) is 4.12. The molecule has 0 saturated heterocycles. The highest BCUT2D eigenvalue weighted by Crippen LogP contribution is 2.20. The van der Waals surface area contributed by atoms with E-state index in [1.54, 1.807) is 70.9 Å². The zero-order valence-corrected chi connectivity index (χ0v) is 15.0. The van der Waals surface area contributed by atoms with E-state index in [9.17, 15) is 9.59 Å². The van der Waals surface area contributed by atoms with E-state index in [2.05, 4.69) is 10.4 Å². The Bertz CT molecular complexity index is 1220. The smallest absolute Gasteiger partial charge is 0.277 e. The van der Waals surface area contributed by atoms with Gasteiger partial charge >= 0.3 is 0 Å². The second kappa shape index (κ2) is 6.60. The van der Waals surface area contributed by atoms with Crippen LogP contribution in [0.15, 0.2) is 59.5 Å². The minimum Gasteiger partial charge on any atom is -0.497 e. The zero-order valence-electron chi connectivity index (χ0n) is 15.0. The van der Waals surface area contributed by atoms with Crippen LogP contribution in [0.2, 0.25) is 0 Å². The summed E-state index contributed by atoms with van der Waals surface area (Å²) in [5.41, 5.74) is 2.91. The first-order valence-electron chi connectivity index (χ1n) is 8.58. The Morgan fingerprint density at radius 2 is 1.96 bits per heavy atom. The lowest BCUT2D eigenvalue weighted by atomic mass is 10.1. The molecule has 0 radical (unpaired) electrons. The van der Waals surface area contributed by atoms with Crippen LogP contribution in [0.3, 0.4) is 0 Å². The van der Waals surface area contributed by atoms with Gasteiger partial charge < -0.3 is 14.6 Å². The van der Waals surface area contributed by atoms with E-state index in [0.717, 1.165) is 5.52 Å². The highest BCUT2D eigenvalue weighted by Gasteiger charge is 2.14. The van der Waals surface area contributed by atoms with Crippen molar-refractivity contribution < 1.29 is 9.53 Å². The molecule has 136 valence electrons. The van der Waals surface area contributed by atoms with Crippen LogP contribution in [0.4, 0.5) is 5.69 Å². The third kappa shape index (κ3) is 2.83. The van der Waals surface area contributed by atoms with E-state index >= 15 is 0 Å². The molecule has 0 aliphatic heterocycles. The standard InChI is InChI=1S/C20H18N4O3/c1-3-23-18-11-13(19(25)22-14-5-4-6-15(12-14)27-2)7-8-16(18)24-17(20(23)26)9-10-21-24/h4-12H,3H2,1-2H3,(H,22,25). The van der Waals surface area contributed by atoms with Gasteiger partial charge in [0, 0.05) is 23.9 Å². The number of fused-ring (bicyclic) bond motifs is 3. The highest BCUT2D eigenvalue weighted by molar-refractivity contribution is 6.06. The van der Waals surface area contributed by atoms with Crippen molar-refractivity contribution in [1.82, 2.24) is 14.2 Å². The molecule has 2 heterocycles. The van der Waals surface area contributed by atoms with Crippen molar-refractivity contribution in [1.29, 1.82) is 0 Å². The molecular weight excluding hydrogens is 344 g/mol. The van der Waals surface area contributed by atoms with Gasteiger partial charge in [0.15, 0.2) is 0 Å². The number of carbonyl (C=O) groups is 1. The van der Waals surface area contributed by atoms with Gasteiger partial charge in [-0.25, -0.2) is 4.52 Å². The maximum atomic E-state index is 12.7. The molecule has 1 N–H and O–H groups in total. The lowest BCUT2D eigenvalue weighted by molar-refractivity contribution is 0.102. The van der Waals surface area contributed by atoms with Gasteiger partial charge in [0.1, 0.15) is 11.3 Å². The minimum absolute atomic E-state index is 0.132. The number of amides is 1. The van der Waals surface area contributed by atoms with Crippen molar-refractivity contribution in [2.24, 2.45) is 0 Å². The molecule has 0 aliphatic carbocycles. The average Bonchev–Trinajstić information content (AvgIpc) is 3.18. The van der Waals surface area contributed by atoms with Crippen molar-refractivity contribution in [3.05, 3.63) is 70.6 Å². The van der Waals surface area contributed by atoms with Crippen LogP contribution in [0.1, 0.15) is 17.3 Å². The van der Waals surface area contributed by atoms with Crippen LogP contribution >= 0.6 is 0 Å². The lowest BCUT2D eigenvalue weighted by Crippen LogP contribution is -2.22. The molecule has 7 heteroatoms. The Hall–Kier alpha value is -3.61. The number of benzene rings is 2. The van der Waals surface area contributed by atoms with Gasteiger partial charge in [0.05, 0.1) is 24.3 Å². The summed E-state index contributed by atoms with van der Waals surface area (Å²) in [5, 5.41) is 7.09. The molecule has 0 spiro atoms. The third-order valence-corrected chi connectivity index (χ3v) is 4.51. The van der Waals surface area contributed by atoms with Crippen LogP contribution in [0.5, 0.6) is 5.75 Å². The quantitative estimate of drug-likeness (QED) is 0.605. The Morgan fingerprint density at radius 1 is 1.11 bits per heavy atom. The zero-order chi connectivity index (χ0) is 19.0. The molecule has 7 nitrogen and oxygen atoms in total. The highest BCUT2D eigenvalue weighted by atomic mass is 16.5. The van der Waals surface area contributed by atoms with Gasteiger partial charge in [-0.2, -0.15) is 5.10 Å². The minimum atomic E-state index is -0.263. The van der Waals surface area contributed by atoms with Crippen molar-refractivity contribution in [2.45, 2.75) is 13.5 Å². The summed E-state index contributed by atoms with van der Waals surface area (Å²) in [4.78, 5) is 25.4. The van der Waals surface area contributed by atoms with Crippen LogP contribution in [0, 0.1) is 0 Å². The normalized spacial score (nSPS) is 11.0. The molecule has 0 fully saturated rings. The summed E-state index contributed by atoms with van der Waals surface area (Å²) >= 11 is 0. The number of hydrogen-bond donors (Lipinski definition) is 1. The molecule has 2 aromatic heterocycles. The number of rotatable bonds is 4. The fourth-order valence-corrected chi connectivity index (χ4v) is 3.18. The Morgan fingerprint density at radius 3 is 2.74 bits per heavy atom. The number of ether oxygens (including phenoxy) is 1. The van der Waals surface area contributed by atoms with Crippen molar-refractivity contribution in [3.63, 3.8) is 0 Å². The molecular formula is C20H18N4O3. The van der Waals surface area contributed by atoms with Gasteiger partial charge in [0.25, 0.3) is 11.5 Å². The molecule has 0 unspecified atom stereocenters. The van der Waals surface area contributed by atoms with Gasteiger partial charge in [-0.15, -0.1) is 0 Å². The van der Waals surface area contributed by atoms with Crippen molar-refractivity contribution in [2.75, 3.05) is 12.4 Å². The van der Waals surface area contributed by atoms with Gasteiger partial charge in [-0.1, -0.05) is 6.07 Å². The SMILES string of the molecule is CCn1c(=O)c2ccnn2c2ccc(C(=O)Nc3cccc(OC)c3)cc21. The predicted octanol–water partition coefficient (Wildman–Crippen LogP) is 2.93. The first-order chi connectivity index (χ1) is 13.1. The number of aryl methyl sites for hydroxylation is 1. The van der Waals surface area contributed by atoms with Crippen LogP contribution in [0.25, 0.3) is 16.6 Å². The van der Waals surface area contributed by atoms with E-state index in [1.807, 2.05) is 6.92 Å². The van der Waals surface area contributed by atoms with Crippen LogP contribution in [-0.2, 0) is 6.54 Å². The number of nitrogens with one attached hydrogen (secondary N) is 1. The molecule has 2 aromatic carbocycles. The van der Waals surface area contributed by atoms with Gasteiger partial charge in [-0.3, -0.25) is 9.59 Å². The fraction of sp³-hybridized carbons (Fsp3) is 0.150. The average molecular weight is 362 g/mol. The number of anilines is 1. The molecule has 0 atom stereocenters. The summed E-state index contributed by atoms with van der Waals surface area (Å²) in [5.74, 6) is 0.396. The summed E-state index contributed by atoms with van der Waals surface area (Å²) in [7, 11) is 1.57. The number of hydrogen-bond acceptors (Lipinski definition) is 4. The maximum Gasteiger partial charge on any atom is 0.277 e. The van der Waals surface area contributed by atoms with E-state index < -0.39 is 0 Å². The summed E-state index contributed by atoms with van der Waals surface area (Å²) < 4.78 is 8.43. The number of aromatic nitrogens is 3. The van der Waals surface area contributed by atoms with E-state index in [0.29, 0.717) is 34.6 Å². The molecule has 4 aromatic rings. The largest absolute Gasteiger partial charge is 0.497 e. The monoisotopic (exact) mass is 362 g/mol. The molecule has 4 rings (SSSR count). The second-order valence-electron chi connectivity index (χ2n) is 6.07. The maximum absolute atomic E-state index is 12.7. The van der Waals surface area contributed by atoms with E-state index in [1.165, 1.54) is 0 Å². The van der Waals surface area contributed by atoms with E-state index in [-0.39, 0.29) is 11.5 Å². The fourth-order valence-electron chi connectivity index (χ4n) is 3.18. The van der Waals surface area contributed by atoms with Crippen LogP contribution in [-0.4, -0.2) is 27.2 Å². The van der Waals surface area contributed by atoms with Gasteiger partial charge in [-0.05, 0) is 43.3 Å². The van der Waals surface area contributed by atoms with Crippen LogP contribution < -0.4 is 15.6 Å². The molecule has 0 aliphatic rings. The molecule has 0 bridgehead atoms. The Labute approximate surface area is 154 Å². The third-order valence-electron chi connectivity index (χ3n) is 4.51. The van der Waals surface area contributed by atoms with Crippen molar-refractivity contribution >= 4 is 28.1 Å². The number of carbonyl (C=O) groups excluding carboxylic acids is 1. The summed E-state index contributed by atoms with van der Waals surface area (Å²) in [6.45, 7) is 2.40. The Balaban J connectivity index is 1.79. The molecule has 1 amide bonds. The molecule has 0 saturated carbocycles. The summed E-state index contributed by atoms with van der Waals surface area (Å²) in [6.07, 6.45) is 1.60. The van der Waals surface area contributed by atoms with Crippen molar-refractivity contribution in [3.8, 4) is 5.75 Å². The number of methoxy groups -OCH3 is 1. The van der Waals surface area contributed by atoms with Gasteiger partial charge in [0.2, 0.25) is 0 Å². The predicted molar refractivity (Wildman–Crippen MR) is 104 cm³/mol. The summed E-state index contributed by atoms with van der Waals surface area (Å²) in [6, 6.07) is 14.1.